The summed E-state index contributed by atoms with van der Waals surface area (Å²) in [4.78, 5) is 42.9. The van der Waals surface area contributed by atoms with Crippen LogP contribution in [0.5, 0.6) is 0 Å². The van der Waals surface area contributed by atoms with E-state index in [2.05, 4.69) is 20.5 Å². The highest BCUT2D eigenvalue weighted by Crippen LogP contribution is 2.25. The number of carbonyl (C=O) groups is 3. The number of carbonyl (C=O) groups excluding carboxylic acids is 3. The minimum atomic E-state index is -0.519. The minimum absolute atomic E-state index is 0.0341. The molecule has 0 atom stereocenters. The van der Waals surface area contributed by atoms with Crippen LogP contribution in [0.1, 0.15) is 50.8 Å². The minimum Gasteiger partial charge on any atom is -0.289 e. The van der Waals surface area contributed by atoms with Gasteiger partial charge in [-0.1, -0.05) is 13.3 Å². The van der Waals surface area contributed by atoms with Crippen LogP contribution >= 0.6 is 0 Å². The summed E-state index contributed by atoms with van der Waals surface area (Å²) in [6.07, 6.45) is 1.58. The van der Waals surface area contributed by atoms with E-state index in [0.29, 0.717) is 23.5 Å². The van der Waals surface area contributed by atoms with Crippen molar-refractivity contribution in [3.05, 3.63) is 65.0 Å². The number of nitrogens with one attached hydrogen (secondary N) is 2. The van der Waals surface area contributed by atoms with Crippen LogP contribution in [-0.2, 0) is 0 Å². The number of anilines is 1. The number of aromatic amines is 1. The molecule has 0 saturated heterocycles. The molecule has 0 bridgehead atoms. The van der Waals surface area contributed by atoms with Gasteiger partial charge in [0, 0.05) is 17.7 Å². The fourth-order valence-corrected chi connectivity index (χ4v) is 3.18. The van der Waals surface area contributed by atoms with Crippen LogP contribution in [0.3, 0.4) is 0 Å². The summed E-state index contributed by atoms with van der Waals surface area (Å²) >= 11 is 0. The van der Waals surface area contributed by atoms with Crippen molar-refractivity contribution in [2.45, 2.75) is 19.8 Å². The lowest BCUT2D eigenvalue weighted by Gasteiger charge is -2.12. The van der Waals surface area contributed by atoms with Crippen LogP contribution < -0.4 is 5.32 Å². The van der Waals surface area contributed by atoms with E-state index in [4.69, 9.17) is 0 Å². The average molecular weight is 407 g/mol. The standard InChI is InChI=1S/C21H18FN5O3/c1-2-3-10-27-19(29)15-9-6-13(11-16(15)20(27)30)18(28)24-21-23-17(25-26-21)12-4-7-14(22)8-5-12/h4-9,11H,2-3,10H2,1H3,(H2,23,24,25,26,28). The average Bonchev–Trinajstić information content (AvgIpc) is 3.30. The van der Waals surface area contributed by atoms with Gasteiger partial charge in [0.25, 0.3) is 17.7 Å². The molecule has 2 N–H and O–H groups in total. The zero-order valence-corrected chi connectivity index (χ0v) is 16.1. The van der Waals surface area contributed by atoms with Gasteiger partial charge in [-0.2, -0.15) is 4.98 Å². The summed E-state index contributed by atoms with van der Waals surface area (Å²) in [7, 11) is 0. The lowest BCUT2D eigenvalue weighted by atomic mass is 10.1. The third-order valence-corrected chi connectivity index (χ3v) is 4.80. The van der Waals surface area contributed by atoms with Gasteiger partial charge in [-0.05, 0) is 48.9 Å². The Bertz CT molecular complexity index is 1140. The van der Waals surface area contributed by atoms with E-state index in [-0.39, 0.29) is 28.8 Å². The molecule has 8 nitrogen and oxygen atoms in total. The predicted molar refractivity (Wildman–Crippen MR) is 106 cm³/mol. The number of halogens is 1. The van der Waals surface area contributed by atoms with E-state index in [0.717, 1.165) is 12.8 Å². The van der Waals surface area contributed by atoms with Crippen molar-refractivity contribution in [1.29, 1.82) is 0 Å². The van der Waals surface area contributed by atoms with Gasteiger partial charge < -0.3 is 0 Å². The first kappa shape index (κ1) is 19.4. The molecular weight excluding hydrogens is 389 g/mol. The zero-order valence-electron chi connectivity index (χ0n) is 16.1. The molecule has 4 rings (SSSR count). The first-order valence-electron chi connectivity index (χ1n) is 9.48. The van der Waals surface area contributed by atoms with E-state index in [1.807, 2.05) is 6.92 Å². The maximum absolute atomic E-state index is 13.0. The SMILES string of the molecule is CCCCN1C(=O)c2ccc(C(=O)Nc3n[nH]c(-c4ccc(F)cc4)n3)cc2C1=O. The number of amides is 3. The second kappa shape index (κ2) is 7.86. The van der Waals surface area contributed by atoms with Crippen LogP contribution in [0.25, 0.3) is 11.4 Å². The van der Waals surface area contributed by atoms with Gasteiger partial charge in [0.2, 0.25) is 5.95 Å². The van der Waals surface area contributed by atoms with Crippen molar-refractivity contribution in [1.82, 2.24) is 20.1 Å². The maximum Gasteiger partial charge on any atom is 0.261 e. The lowest BCUT2D eigenvalue weighted by molar-refractivity contribution is 0.0652. The molecule has 2 aromatic carbocycles. The summed E-state index contributed by atoms with van der Waals surface area (Å²) < 4.78 is 13.0. The molecule has 0 saturated carbocycles. The molecule has 3 aromatic rings. The van der Waals surface area contributed by atoms with Gasteiger partial charge in [-0.15, -0.1) is 5.10 Å². The Morgan fingerprint density at radius 1 is 1.10 bits per heavy atom. The topological polar surface area (TPSA) is 108 Å². The molecule has 2 heterocycles. The number of fused-ring (bicyclic) bond motifs is 1. The molecule has 1 aromatic heterocycles. The molecule has 1 aliphatic rings. The number of H-pyrrole nitrogens is 1. The second-order valence-electron chi connectivity index (χ2n) is 6.84. The van der Waals surface area contributed by atoms with Crippen molar-refractivity contribution in [2.75, 3.05) is 11.9 Å². The quantitative estimate of drug-likeness (QED) is 0.610. The van der Waals surface area contributed by atoms with Crippen molar-refractivity contribution in [2.24, 2.45) is 0 Å². The first-order chi connectivity index (χ1) is 14.5. The summed E-state index contributed by atoms with van der Waals surface area (Å²) in [5.41, 5.74) is 1.33. The molecule has 1 aliphatic heterocycles. The van der Waals surface area contributed by atoms with Gasteiger partial charge in [-0.25, -0.2) is 4.39 Å². The molecule has 0 unspecified atom stereocenters. The van der Waals surface area contributed by atoms with Crippen LogP contribution in [0.15, 0.2) is 42.5 Å². The van der Waals surface area contributed by atoms with Crippen LogP contribution in [-0.4, -0.2) is 44.3 Å². The Morgan fingerprint density at radius 3 is 2.57 bits per heavy atom. The number of imide groups is 1. The number of benzene rings is 2. The number of nitrogens with zero attached hydrogens (tertiary/aromatic N) is 3. The van der Waals surface area contributed by atoms with Crippen molar-refractivity contribution in [3.8, 4) is 11.4 Å². The number of hydrogen-bond acceptors (Lipinski definition) is 5. The zero-order chi connectivity index (χ0) is 21.3. The molecule has 0 radical (unpaired) electrons. The molecule has 0 fully saturated rings. The monoisotopic (exact) mass is 407 g/mol. The van der Waals surface area contributed by atoms with Gasteiger partial charge in [0.05, 0.1) is 11.1 Å². The Hall–Kier alpha value is -3.88. The van der Waals surface area contributed by atoms with E-state index in [1.165, 1.54) is 47.4 Å². The molecule has 152 valence electrons. The van der Waals surface area contributed by atoms with Crippen molar-refractivity contribution >= 4 is 23.7 Å². The summed E-state index contributed by atoms with van der Waals surface area (Å²) in [6.45, 7) is 2.33. The number of hydrogen-bond donors (Lipinski definition) is 2. The van der Waals surface area contributed by atoms with E-state index < -0.39 is 11.8 Å². The first-order valence-corrected chi connectivity index (χ1v) is 9.48. The Labute approximate surface area is 171 Å². The Morgan fingerprint density at radius 2 is 1.83 bits per heavy atom. The van der Waals surface area contributed by atoms with E-state index in [9.17, 15) is 18.8 Å². The Balaban J connectivity index is 1.51. The number of unbranched alkanes of at least 4 members (excludes halogenated alkanes) is 1. The van der Waals surface area contributed by atoms with E-state index >= 15 is 0 Å². The molecule has 30 heavy (non-hydrogen) atoms. The van der Waals surface area contributed by atoms with Crippen molar-refractivity contribution < 1.29 is 18.8 Å². The summed E-state index contributed by atoms with van der Waals surface area (Å²) in [5, 5.41) is 9.16. The normalized spacial score (nSPS) is 12.9. The summed E-state index contributed by atoms with van der Waals surface area (Å²) in [5.74, 6) is -1.22. The predicted octanol–water partition coefficient (Wildman–Crippen LogP) is 3.26. The smallest absolute Gasteiger partial charge is 0.261 e. The largest absolute Gasteiger partial charge is 0.289 e. The van der Waals surface area contributed by atoms with Crippen LogP contribution in [0.2, 0.25) is 0 Å². The molecule has 0 aliphatic carbocycles. The Kier molecular flexibility index (Phi) is 5.09. The fourth-order valence-electron chi connectivity index (χ4n) is 3.18. The van der Waals surface area contributed by atoms with Gasteiger partial charge in [0.1, 0.15) is 5.82 Å². The van der Waals surface area contributed by atoms with Gasteiger partial charge in [-0.3, -0.25) is 29.7 Å². The lowest BCUT2D eigenvalue weighted by Crippen LogP contribution is -2.30. The molecular formula is C21H18FN5O3. The molecule has 3 amide bonds. The third-order valence-electron chi connectivity index (χ3n) is 4.80. The van der Waals surface area contributed by atoms with Crippen molar-refractivity contribution in [3.63, 3.8) is 0 Å². The number of rotatable bonds is 6. The van der Waals surface area contributed by atoms with Gasteiger partial charge in [0.15, 0.2) is 5.82 Å². The van der Waals surface area contributed by atoms with Crippen LogP contribution in [0.4, 0.5) is 10.3 Å². The highest BCUT2D eigenvalue weighted by Gasteiger charge is 2.35. The van der Waals surface area contributed by atoms with Crippen LogP contribution in [0, 0.1) is 5.82 Å². The third kappa shape index (κ3) is 3.57. The fraction of sp³-hybridized carbons (Fsp3) is 0.190. The molecule has 0 spiro atoms. The highest BCUT2D eigenvalue weighted by molar-refractivity contribution is 6.22. The highest BCUT2D eigenvalue weighted by atomic mass is 19.1. The second-order valence-corrected chi connectivity index (χ2v) is 6.84. The maximum atomic E-state index is 13.0. The van der Waals surface area contributed by atoms with Gasteiger partial charge >= 0.3 is 0 Å². The molecule has 9 heteroatoms. The number of aromatic nitrogens is 3. The van der Waals surface area contributed by atoms with E-state index in [1.54, 1.807) is 0 Å². The summed E-state index contributed by atoms with van der Waals surface area (Å²) in [6, 6.07) is 10.0.